The van der Waals surface area contributed by atoms with E-state index in [2.05, 4.69) is 5.32 Å². The van der Waals surface area contributed by atoms with Crippen LogP contribution in [0.2, 0.25) is 0 Å². The first-order chi connectivity index (χ1) is 12.5. The van der Waals surface area contributed by atoms with E-state index in [1.54, 1.807) is 0 Å². The molecule has 4 rings (SSSR count). The molecule has 134 valence electrons. The number of fused-ring (bicyclic) bond motifs is 2. The number of nitrogens with two attached hydrogens (primary N) is 2. The molecule has 0 spiro atoms. The van der Waals surface area contributed by atoms with Gasteiger partial charge in [0.2, 0.25) is 0 Å². The Labute approximate surface area is 152 Å². The van der Waals surface area contributed by atoms with Gasteiger partial charge in [0.05, 0.1) is 11.3 Å². The average molecular weight is 351 g/mol. The normalized spacial score (nSPS) is 15.9. The zero-order valence-corrected chi connectivity index (χ0v) is 14.8. The molecule has 1 heterocycles. The number of allylic oxidation sites excluding steroid dienone is 1. The Kier molecular flexibility index (Phi) is 3.94. The first-order valence-electron chi connectivity index (χ1n) is 8.96. The van der Waals surface area contributed by atoms with Crippen LogP contribution in [0.1, 0.15) is 47.2 Å². The number of primary amides is 1. The molecule has 0 saturated heterocycles. The van der Waals surface area contributed by atoms with Crippen LogP contribution in [0.5, 0.6) is 0 Å². The average Bonchev–Trinajstić information content (AvgIpc) is 2.63. The van der Waals surface area contributed by atoms with Gasteiger partial charge < -0.3 is 16.8 Å². The van der Waals surface area contributed by atoms with Crippen molar-refractivity contribution in [2.24, 2.45) is 5.73 Å². The second-order valence-corrected chi connectivity index (χ2v) is 7.06. The van der Waals surface area contributed by atoms with Gasteiger partial charge in [-0.05, 0) is 67.0 Å². The Balaban J connectivity index is 2.09. The fourth-order valence-corrected chi connectivity index (χ4v) is 4.18. The molecular weight excluding hydrogens is 329 g/mol. The van der Waals surface area contributed by atoms with Crippen molar-refractivity contribution in [1.82, 2.24) is 0 Å². The largest absolute Gasteiger partial charge is 0.398 e. The number of carbonyl (C=O) groups is 1. The lowest BCUT2D eigenvalue weighted by Gasteiger charge is -2.32. The maximum atomic E-state index is 15.3. The number of rotatable bonds is 2. The number of amides is 1. The quantitative estimate of drug-likeness (QED) is 0.708. The smallest absolute Gasteiger partial charge is 0.250 e. The molecule has 0 fully saturated rings. The molecule has 1 amide bonds. The topological polar surface area (TPSA) is 81.1 Å². The van der Waals surface area contributed by atoms with Crippen LogP contribution >= 0.6 is 0 Å². The molecule has 2 aromatic carbocycles. The molecule has 4 nitrogen and oxygen atoms in total. The standard InChI is InChI=1S/C21H22FN3O/c1-11-13(7-4-8-17(11)23)18-16(22)9-15(21(24)26)20-19(18)14-6-3-2-5-12(14)10-25-20/h4,7-9,25H,2-3,5-6,10,23H2,1H3,(H2,24,26). The summed E-state index contributed by atoms with van der Waals surface area (Å²) in [5.41, 5.74) is 18.4. The minimum absolute atomic E-state index is 0.208. The van der Waals surface area contributed by atoms with E-state index in [1.807, 2.05) is 25.1 Å². The zero-order chi connectivity index (χ0) is 18.4. The Hall–Kier alpha value is -2.82. The number of hydrogen-bond donors (Lipinski definition) is 3. The molecule has 0 atom stereocenters. The summed E-state index contributed by atoms with van der Waals surface area (Å²) in [6, 6.07) is 6.77. The summed E-state index contributed by atoms with van der Waals surface area (Å²) in [6.45, 7) is 2.58. The molecule has 5 heteroatoms. The Morgan fingerprint density at radius 2 is 1.96 bits per heavy atom. The number of anilines is 2. The van der Waals surface area contributed by atoms with Gasteiger partial charge in [-0.3, -0.25) is 4.79 Å². The summed E-state index contributed by atoms with van der Waals surface area (Å²) in [5.74, 6) is -1.06. The highest BCUT2D eigenvalue weighted by Crippen LogP contribution is 2.47. The highest BCUT2D eigenvalue weighted by Gasteiger charge is 2.30. The monoisotopic (exact) mass is 351 g/mol. The molecule has 2 aromatic rings. The third-order valence-electron chi connectivity index (χ3n) is 5.55. The van der Waals surface area contributed by atoms with Crippen LogP contribution in [-0.4, -0.2) is 12.5 Å². The molecule has 0 bridgehead atoms. The summed E-state index contributed by atoms with van der Waals surface area (Å²) in [6.07, 6.45) is 4.09. The van der Waals surface area contributed by atoms with Gasteiger partial charge in [-0.15, -0.1) is 0 Å². The molecule has 26 heavy (non-hydrogen) atoms. The number of nitrogens with one attached hydrogen (secondary N) is 1. The highest BCUT2D eigenvalue weighted by molar-refractivity contribution is 6.05. The fourth-order valence-electron chi connectivity index (χ4n) is 4.18. The third kappa shape index (κ3) is 2.46. The van der Waals surface area contributed by atoms with Gasteiger partial charge in [0.1, 0.15) is 5.82 Å². The zero-order valence-electron chi connectivity index (χ0n) is 14.8. The van der Waals surface area contributed by atoms with Crippen molar-refractivity contribution in [3.63, 3.8) is 0 Å². The lowest BCUT2D eigenvalue weighted by Crippen LogP contribution is -2.23. The number of hydrogen-bond acceptors (Lipinski definition) is 3. The molecule has 5 N–H and O–H groups in total. The maximum absolute atomic E-state index is 15.3. The van der Waals surface area contributed by atoms with E-state index in [9.17, 15) is 4.79 Å². The molecule has 0 radical (unpaired) electrons. The number of carbonyl (C=O) groups excluding carboxylic acids is 1. The first kappa shape index (κ1) is 16.6. The second-order valence-electron chi connectivity index (χ2n) is 7.06. The number of benzene rings is 2. The van der Waals surface area contributed by atoms with Crippen LogP contribution in [0.4, 0.5) is 15.8 Å². The van der Waals surface area contributed by atoms with Crippen molar-refractivity contribution in [3.8, 4) is 11.1 Å². The third-order valence-corrected chi connectivity index (χ3v) is 5.55. The lowest BCUT2D eigenvalue weighted by atomic mass is 9.79. The summed E-state index contributed by atoms with van der Waals surface area (Å²) in [7, 11) is 0. The Morgan fingerprint density at radius 1 is 1.19 bits per heavy atom. The van der Waals surface area contributed by atoms with E-state index in [4.69, 9.17) is 11.5 Å². The van der Waals surface area contributed by atoms with Crippen LogP contribution in [0.25, 0.3) is 16.7 Å². The number of nitrogen functional groups attached to an aromatic ring is 1. The minimum atomic E-state index is -0.622. The molecule has 0 unspecified atom stereocenters. The van der Waals surface area contributed by atoms with E-state index in [0.717, 1.165) is 47.9 Å². The van der Waals surface area contributed by atoms with Crippen LogP contribution in [0.15, 0.2) is 29.8 Å². The van der Waals surface area contributed by atoms with E-state index in [-0.39, 0.29) is 5.56 Å². The van der Waals surface area contributed by atoms with Gasteiger partial charge in [-0.25, -0.2) is 4.39 Å². The van der Waals surface area contributed by atoms with Crippen molar-refractivity contribution in [2.75, 3.05) is 17.6 Å². The predicted molar refractivity (Wildman–Crippen MR) is 103 cm³/mol. The number of halogens is 1. The van der Waals surface area contributed by atoms with Gasteiger partial charge in [-0.1, -0.05) is 12.1 Å². The minimum Gasteiger partial charge on any atom is -0.398 e. The van der Waals surface area contributed by atoms with Crippen molar-refractivity contribution in [3.05, 3.63) is 52.3 Å². The SMILES string of the molecule is Cc1c(N)cccc1-c1c(F)cc(C(N)=O)c2c1C1=C(CCCC1)CN2. The molecule has 1 aliphatic carbocycles. The van der Waals surface area contributed by atoms with Crippen LogP contribution in [-0.2, 0) is 0 Å². The van der Waals surface area contributed by atoms with E-state index < -0.39 is 11.7 Å². The van der Waals surface area contributed by atoms with Gasteiger partial charge in [0.15, 0.2) is 0 Å². The summed E-state index contributed by atoms with van der Waals surface area (Å²) in [4.78, 5) is 11.9. The van der Waals surface area contributed by atoms with Crippen molar-refractivity contribution < 1.29 is 9.18 Å². The van der Waals surface area contributed by atoms with Crippen LogP contribution in [0.3, 0.4) is 0 Å². The molecule has 1 aliphatic heterocycles. The Morgan fingerprint density at radius 3 is 2.73 bits per heavy atom. The molecule has 0 saturated carbocycles. The summed E-state index contributed by atoms with van der Waals surface area (Å²) < 4.78 is 15.3. The molecular formula is C21H22FN3O. The van der Waals surface area contributed by atoms with Crippen molar-refractivity contribution >= 4 is 22.9 Å². The van der Waals surface area contributed by atoms with Gasteiger partial charge in [0, 0.05) is 23.4 Å². The lowest BCUT2D eigenvalue weighted by molar-refractivity contribution is 0.100. The summed E-state index contributed by atoms with van der Waals surface area (Å²) >= 11 is 0. The maximum Gasteiger partial charge on any atom is 0.250 e. The van der Waals surface area contributed by atoms with Crippen LogP contribution in [0, 0.1) is 12.7 Å². The van der Waals surface area contributed by atoms with Gasteiger partial charge in [-0.2, -0.15) is 0 Å². The molecule has 2 aliphatic rings. The molecule has 0 aromatic heterocycles. The van der Waals surface area contributed by atoms with Gasteiger partial charge >= 0.3 is 0 Å². The Bertz CT molecular complexity index is 962. The first-order valence-corrected chi connectivity index (χ1v) is 8.96. The predicted octanol–water partition coefficient (Wildman–Crippen LogP) is 4.24. The highest BCUT2D eigenvalue weighted by atomic mass is 19.1. The van der Waals surface area contributed by atoms with Crippen molar-refractivity contribution in [2.45, 2.75) is 32.6 Å². The second kappa shape index (κ2) is 6.16. The van der Waals surface area contributed by atoms with E-state index in [0.29, 0.717) is 23.5 Å². The van der Waals surface area contributed by atoms with E-state index in [1.165, 1.54) is 11.6 Å². The van der Waals surface area contributed by atoms with Crippen LogP contribution < -0.4 is 16.8 Å². The summed E-state index contributed by atoms with van der Waals surface area (Å²) in [5, 5.41) is 3.33. The van der Waals surface area contributed by atoms with Gasteiger partial charge in [0.25, 0.3) is 5.91 Å². The van der Waals surface area contributed by atoms with E-state index >= 15 is 4.39 Å². The fraction of sp³-hybridized carbons (Fsp3) is 0.286. The van der Waals surface area contributed by atoms with Crippen molar-refractivity contribution in [1.29, 1.82) is 0 Å².